The van der Waals surface area contributed by atoms with E-state index in [0.29, 0.717) is 19.3 Å². The molecular weight excluding hydrogens is 805 g/mol. The number of unbranched alkanes of at least 4 members (excludes halogenated alkanes) is 40. The third-order valence-corrected chi connectivity index (χ3v) is 13.9. The molecule has 386 valence electrons. The van der Waals surface area contributed by atoms with E-state index < -0.39 is 6.10 Å². The highest BCUT2D eigenvalue weighted by Crippen LogP contribution is 2.18. The first-order valence-electron chi connectivity index (χ1n) is 29.4. The van der Waals surface area contributed by atoms with Crippen molar-refractivity contribution in [2.75, 3.05) is 13.2 Å². The molecule has 0 N–H and O–H groups in total. The molecule has 0 heterocycles. The molecule has 0 saturated heterocycles. The van der Waals surface area contributed by atoms with E-state index in [1.54, 1.807) is 0 Å². The molecule has 0 fully saturated rings. The van der Waals surface area contributed by atoms with Crippen LogP contribution in [0.5, 0.6) is 0 Å². The van der Waals surface area contributed by atoms with Crippen LogP contribution in [0.15, 0.2) is 0 Å². The van der Waals surface area contributed by atoms with Gasteiger partial charge in [-0.3, -0.25) is 14.4 Å². The molecule has 0 aromatic rings. The summed E-state index contributed by atoms with van der Waals surface area (Å²) in [5.41, 5.74) is 0. The zero-order valence-corrected chi connectivity index (χ0v) is 44.5. The van der Waals surface area contributed by atoms with Gasteiger partial charge < -0.3 is 14.2 Å². The first-order valence-corrected chi connectivity index (χ1v) is 29.4. The van der Waals surface area contributed by atoms with Crippen molar-refractivity contribution in [3.8, 4) is 0 Å². The Morgan fingerprint density at radius 1 is 0.308 bits per heavy atom. The molecule has 0 aliphatic rings. The second-order valence-electron chi connectivity index (χ2n) is 20.5. The van der Waals surface area contributed by atoms with E-state index in [1.807, 2.05) is 0 Å². The fourth-order valence-corrected chi connectivity index (χ4v) is 9.07. The molecule has 0 saturated carbocycles. The molecule has 0 aliphatic heterocycles. The van der Waals surface area contributed by atoms with Crippen molar-refractivity contribution >= 4 is 17.9 Å². The van der Waals surface area contributed by atoms with Crippen LogP contribution in [0.4, 0.5) is 0 Å². The molecule has 65 heavy (non-hydrogen) atoms. The second-order valence-corrected chi connectivity index (χ2v) is 20.5. The first kappa shape index (κ1) is 63.4. The summed E-state index contributed by atoms with van der Waals surface area (Å²) in [6.07, 6.45) is 58.0. The minimum Gasteiger partial charge on any atom is -0.462 e. The fourth-order valence-electron chi connectivity index (χ4n) is 9.07. The molecule has 0 radical (unpaired) electrons. The number of carbonyl (C=O) groups is 3. The number of hydrogen-bond acceptors (Lipinski definition) is 6. The normalized spacial score (nSPS) is 12.4. The largest absolute Gasteiger partial charge is 0.462 e. The second kappa shape index (κ2) is 53.4. The summed E-state index contributed by atoms with van der Waals surface area (Å²) in [7, 11) is 0. The number of ether oxygens (including phenoxy) is 3. The summed E-state index contributed by atoms with van der Waals surface area (Å²) < 4.78 is 16.9. The Labute approximate surface area is 406 Å². The van der Waals surface area contributed by atoms with Crippen molar-refractivity contribution in [2.24, 2.45) is 5.92 Å². The minimum absolute atomic E-state index is 0.0620. The number of hydrogen-bond donors (Lipinski definition) is 0. The lowest BCUT2D eigenvalue weighted by Gasteiger charge is -2.18. The van der Waals surface area contributed by atoms with Crippen molar-refractivity contribution in [1.82, 2.24) is 0 Å². The average Bonchev–Trinajstić information content (AvgIpc) is 3.30. The van der Waals surface area contributed by atoms with Crippen LogP contribution in [0.3, 0.4) is 0 Å². The lowest BCUT2D eigenvalue weighted by Crippen LogP contribution is -2.30. The highest BCUT2D eigenvalue weighted by molar-refractivity contribution is 5.71. The summed E-state index contributed by atoms with van der Waals surface area (Å²) in [4.78, 5) is 38.2. The van der Waals surface area contributed by atoms with E-state index in [2.05, 4.69) is 27.7 Å². The quantitative estimate of drug-likeness (QED) is 0.0344. The molecule has 2 atom stereocenters. The zero-order valence-electron chi connectivity index (χ0n) is 44.5. The highest BCUT2D eigenvalue weighted by atomic mass is 16.6. The number of carbonyl (C=O) groups excluding carboxylic acids is 3. The first-order chi connectivity index (χ1) is 31.9. The van der Waals surface area contributed by atoms with Crippen molar-refractivity contribution < 1.29 is 28.6 Å². The van der Waals surface area contributed by atoms with Gasteiger partial charge in [-0.05, 0) is 25.2 Å². The van der Waals surface area contributed by atoms with Crippen LogP contribution in [0.1, 0.15) is 336 Å². The lowest BCUT2D eigenvalue weighted by atomic mass is 9.99. The lowest BCUT2D eigenvalue weighted by molar-refractivity contribution is -0.167. The number of esters is 3. The molecule has 0 aliphatic carbocycles. The van der Waals surface area contributed by atoms with Crippen LogP contribution >= 0.6 is 0 Å². The zero-order chi connectivity index (χ0) is 47.4. The van der Waals surface area contributed by atoms with Crippen molar-refractivity contribution in [2.45, 2.75) is 342 Å². The predicted octanol–water partition coefficient (Wildman–Crippen LogP) is 19.4. The third-order valence-electron chi connectivity index (χ3n) is 13.9. The van der Waals surface area contributed by atoms with E-state index in [1.165, 1.54) is 231 Å². The Hall–Kier alpha value is -1.59. The topological polar surface area (TPSA) is 78.9 Å². The van der Waals surface area contributed by atoms with Gasteiger partial charge in [-0.25, -0.2) is 0 Å². The van der Waals surface area contributed by atoms with E-state index in [4.69, 9.17) is 14.2 Å². The van der Waals surface area contributed by atoms with E-state index >= 15 is 0 Å². The molecule has 6 heteroatoms. The van der Waals surface area contributed by atoms with Gasteiger partial charge in [-0.2, -0.15) is 0 Å². The molecule has 0 bridgehead atoms. The standard InChI is InChI=1S/C59H114O6/c1-5-8-10-12-14-16-18-20-22-23-24-26-28-30-35-39-43-47-51-58(61)64-54-56(65-59(62)52-48-44-40-36-32-31-33-37-41-45-49-55(4)7-3)53-63-57(60)50-46-42-38-34-29-27-25-21-19-17-15-13-11-9-6-2/h55-56H,5-54H2,1-4H3/t55?,56-/m1/s1. The third kappa shape index (κ3) is 51.6. The summed E-state index contributed by atoms with van der Waals surface area (Å²) in [6, 6.07) is 0. The maximum absolute atomic E-state index is 12.8. The van der Waals surface area contributed by atoms with Gasteiger partial charge >= 0.3 is 17.9 Å². The average molecular weight is 920 g/mol. The summed E-state index contributed by atoms with van der Waals surface area (Å²) in [5.74, 6) is 0.0323. The van der Waals surface area contributed by atoms with E-state index in [-0.39, 0.29) is 31.1 Å². The Morgan fingerprint density at radius 2 is 0.538 bits per heavy atom. The Balaban J connectivity index is 4.29. The van der Waals surface area contributed by atoms with Gasteiger partial charge in [-0.15, -0.1) is 0 Å². The molecule has 0 aromatic carbocycles. The summed E-state index contributed by atoms with van der Waals surface area (Å²) in [5, 5.41) is 0. The van der Waals surface area contributed by atoms with Gasteiger partial charge in [0.25, 0.3) is 0 Å². The molecule has 1 unspecified atom stereocenters. The van der Waals surface area contributed by atoms with Gasteiger partial charge in [-0.1, -0.05) is 297 Å². The highest BCUT2D eigenvalue weighted by Gasteiger charge is 2.19. The SMILES string of the molecule is CCCCCCCCCCCCCCCCCCCCC(=O)OC[C@@H](COC(=O)CCCCCCCCCCCCCCCCC)OC(=O)CCCCCCCCCCCCC(C)CC. The van der Waals surface area contributed by atoms with Crippen molar-refractivity contribution in [3.63, 3.8) is 0 Å². The van der Waals surface area contributed by atoms with Crippen LogP contribution in [0.2, 0.25) is 0 Å². The predicted molar refractivity (Wildman–Crippen MR) is 280 cm³/mol. The minimum atomic E-state index is -0.762. The van der Waals surface area contributed by atoms with Crippen LogP contribution in [-0.2, 0) is 28.6 Å². The van der Waals surface area contributed by atoms with E-state index in [9.17, 15) is 14.4 Å². The maximum Gasteiger partial charge on any atom is 0.306 e. The van der Waals surface area contributed by atoms with Crippen LogP contribution in [0, 0.1) is 5.92 Å². The maximum atomic E-state index is 12.8. The molecule has 0 amide bonds. The molecule has 0 aromatic heterocycles. The monoisotopic (exact) mass is 919 g/mol. The molecule has 0 rings (SSSR count). The Morgan fingerprint density at radius 3 is 0.800 bits per heavy atom. The summed E-state index contributed by atoms with van der Waals surface area (Å²) >= 11 is 0. The van der Waals surface area contributed by atoms with Gasteiger partial charge in [0.2, 0.25) is 0 Å². The summed E-state index contributed by atoms with van der Waals surface area (Å²) in [6.45, 7) is 9.08. The van der Waals surface area contributed by atoms with Crippen molar-refractivity contribution in [3.05, 3.63) is 0 Å². The van der Waals surface area contributed by atoms with Gasteiger partial charge in [0.05, 0.1) is 0 Å². The molecule has 6 nitrogen and oxygen atoms in total. The Bertz CT molecular complexity index is 982. The fraction of sp³-hybridized carbons (Fsp3) is 0.949. The van der Waals surface area contributed by atoms with Gasteiger partial charge in [0.1, 0.15) is 13.2 Å². The molecular formula is C59H114O6. The van der Waals surface area contributed by atoms with Crippen LogP contribution < -0.4 is 0 Å². The van der Waals surface area contributed by atoms with E-state index in [0.717, 1.165) is 63.7 Å². The Kier molecular flexibility index (Phi) is 52.1. The van der Waals surface area contributed by atoms with Crippen molar-refractivity contribution in [1.29, 1.82) is 0 Å². The van der Waals surface area contributed by atoms with Crippen LogP contribution in [0.25, 0.3) is 0 Å². The van der Waals surface area contributed by atoms with Gasteiger partial charge in [0.15, 0.2) is 6.10 Å². The van der Waals surface area contributed by atoms with Crippen LogP contribution in [-0.4, -0.2) is 37.2 Å². The number of rotatable bonds is 54. The smallest absolute Gasteiger partial charge is 0.306 e. The molecule has 0 spiro atoms. The van der Waals surface area contributed by atoms with Gasteiger partial charge in [0, 0.05) is 19.3 Å².